The van der Waals surface area contributed by atoms with Gasteiger partial charge < -0.3 is 15.0 Å². The first kappa shape index (κ1) is 34.1. The third kappa shape index (κ3) is 9.14. The molecule has 1 aromatic heterocycles. The van der Waals surface area contributed by atoms with Crippen LogP contribution in [0.15, 0.2) is 77.6 Å². The van der Waals surface area contributed by atoms with Crippen molar-refractivity contribution in [3.63, 3.8) is 0 Å². The Bertz CT molecular complexity index is 1640. The first-order valence-electron chi connectivity index (χ1n) is 15.2. The Labute approximate surface area is 273 Å². The predicted octanol–water partition coefficient (Wildman–Crippen LogP) is 7.03. The summed E-state index contributed by atoms with van der Waals surface area (Å²) in [4.78, 5) is 47.5. The number of rotatable bonds is 14. The number of fused-ring (bicyclic) bond motifs is 1. The van der Waals surface area contributed by atoms with Crippen molar-refractivity contribution in [3.8, 4) is 0 Å². The van der Waals surface area contributed by atoms with Gasteiger partial charge in [0.05, 0.1) is 23.5 Å². The fraction of sp³-hybridized carbons (Fsp3) is 0.371. The Morgan fingerprint density at radius 2 is 1.71 bits per heavy atom. The molecule has 238 valence electrons. The van der Waals surface area contributed by atoms with Crippen LogP contribution in [0.4, 0.5) is 4.79 Å². The highest BCUT2D eigenvalue weighted by atomic mass is 33.1. The number of carbonyl (C=O) groups excluding carboxylic acids is 2. The third-order valence-corrected chi connectivity index (χ3v) is 9.25. The minimum Gasteiger partial charge on any atom is -0.449 e. The van der Waals surface area contributed by atoms with Crippen molar-refractivity contribution in [2.24, 2.45) is 5.92 Å². The van der Waals surface area contributed by atoms with Crippen LogP contribution in [0.25, 0.3) is 10.9 Å². The molecule has 4 aromatic rings. The number of hydrogen-bond donors (Lipinski definition) is 1. The largest absolute Gasteiger partial charge is 0.449 e. The Hall–Kier alpha value is -3.76. The minimum absolute atomic E-state index is 0.0811. The van der Waals surface area contributed by atoms with Crippen LogP contribution in [-0.4, -0.2) is 58.2 Å². The molecule has 45 heavy (non-hydrogen) atoms. The quantitative estimate of drug-likeness (QED) is 0.116. The van der Waals surface area contributed by atoms with Gasteiger partial charge in [-0.3, -0.25) is 14.2 Å². The van der Waals surface area contributed by atoms with Crippen LogP contribution in [0.2, 0.25) is 0 Å². The summed E-state index contributed by atoms with van der Waals surface area (Å²) in [7, 11) is 3.26. The zero-order valence-electron chi connectivity index (χ0n) is 26.6. The Morgan fingerprint density at radius 1 is 1.00 bits per heavy atom. The van der Waals surface area contributed by atoms with Crippen molar-refractivity contribution in [3.05, 3.63) is 111 Å². The molecule has 0 saturated carbocycles. The molecule has 1 N–H and O–H groups in total. The van der Waals surface area contributed by atoms with Crippen LogP contribution in [0.5, 0.6) is 0 Å². The van der Waals surface area contributed by atoms with E-state index in [4.69, 9.17) is 9.72 Å². The molecule has 4 rings (SSSR count). The first-order valence-corrected chi connectivity index (χ1v) is 17.9. The first-order chi connectivity index (χ1) is 21.7. The van der Waals surface area contributed by atoms with E-state index in [1.54, 1.807) is 26.2 Å². The summed E-state index contributed by atoms with van der Waals surface area (Å²) in [5.74, 6) is 1.01. The van der Waals surface area contributed by atoms with Crippen molar-refractivity contribution in [1.29, 1.82) is 0 Å². The van der Waals surface area contributed by atoms with Gasteiger partial charge in [0.1, 0.15) is 12.4 Å². The van der Waals surface area contributed by atoms with Crippen LogP contribution in [0.1, 0.15) is 59.2 Å². The SMILES string of the molecule is CSSCCOC(=O)NCCCN(C(=O)c1ccc(C)cc1)C(c1nc2cc(C)ccc2c(=O)n1Cc1ccccc1)C(C)C. The highest BCUT2D eigenvalue weighted by Gasteiger charge is 2.32. The molecule has 0 aliphatic carbocycles. The van der Waals surface area contributed by atoms with Gasteiger partial charge in [-0.25, -0.2) is 9.78 Å². The Balaban J connectivity index is 1.73. The number of alkyl carbamates (subject to hydrolysis) is 1. The van der Waals surface area contributed by atoms with Gasteiger partial charge in [0, 0.05) is 24.4 Å². The van der Waals surface area contributed by atoms with Crippen molar-refractivity contribution >= 4 is 44.5 Å². The number of hydrogen-bond acceptors (Lipinski definition) is 7. The molecule has 1 unspecified atom stereocenters. The minimum atomic E-state index is -0.518. The normalized spacial score (nSPS) is 11.9. The van der Waals surface area contributed by atoms with Crippen LogP contribution >= 0.6 is 21.6 Å². The number of carbonyl (C=O) groups is 2. The highest BCUT2D eigenvalue weighted by Crippen LogP contribution is 2.30. The van der Waals surface area contributed by atoms with E-state index in [-0.39, 0.29) is 17.4 Å². The fourth-order valence-electron chi connectivity index (χ4n) is 5.26. The summed E-state index contributed by atoms with van der Waals surface area (Å²) < 4.78 is 6.97. The van der Waals surface area contributed by atoms with E-state index in [1.807, 2.05) is 112 Å². The number of nitrogens with zero attached hydrogens (tertiary/aromatic N) is 3. The molecule has 0 fully saturated rings. The predicted molar refractivity (Wildman–Crippen MR) is 186 cm³/mol. The summed E-state index contributed by atoms with van der Waals surface area (Å²) in [5.41, 5.74) is 4.04. The standard InChI is InChI=1S/C35H42N4O4S2/c1-24(2)31(32-37-30-22-26(4)14-17-29(30)34(41)39(32)23-27-10-7-6-8-11-27)38(33(40)28-15-12-25(3)13-16-28)19-9-18-36-35(42)43-20-21-45-44-5/h6-8,10-17,22,24,31H,9,18-21,23H2,1-5H3,(H,36,42). The second kappa shape index (κ2) is 16.5. The molecule has 8 nitrogen and oxygen atoms in total. The van der Waals surface area contributed by atoms with Gasteiger partial charge in [-0.1, -0.05) is 89.5 Å². The van der Waals surface area contributed by atoms with E-state index in [1.165, 1.54) is 0 Å². The summed E-state index contributed by atoms with van der Waals surface area (Å²) in [6, 6.07) is 22.5. The second-order valence-corrected chi connectivity index (χ2v) is 14.0. The maximum Gasteiger partial charge on any atom is 0.407 e. The number of benzene rings is 3. The van der Waals surface area contributed by atoms with E-state index < -0.39 is 12.1 Å². The summed E-state index contributed by atoms with van der Waals surface area (Å²) in [6.45, 7) is 9.37. The number of amides is 2. The maximum absolute atomic E-state index is 14.3. The maximum atomic E-state index is 14.3. The van der Waals surface area contributed by atoms with Crippen LogP contribution in [0, 0.1) is 19.8 Å². The average Bonchev–Trinajstić information content (AvgIpc) is 3.02. The Morgan fingerprint density at radius 3 is 2.40 bits per heavy atom. The van der Waals surface area contributed by atoms with Gasteiger partial charge >= 0.3 is 6.09 Å². The lowest BCUT2D eigenvalue weighted by Gasteiger charge is -2.35. The zero-order valence-corrected chi connectivity index (χ0v) is 28.2. The summed E-state index contributed by atoms with van der Waals surface area (Å²) in [6.07, 6.45) is 2.00. The van der Waals surface area contributed by atoms with E-state index in [0.29, 0.717) is 60.7 Å². The second-order valence-electron chi connectivity index (χ2n) is 11.3. The summed E-state index contributed by atoms with van der Waals surface area (Å²) in [5, 5.41) is 3.35. The molecule has 0 spiro atoms. The molecular formula is C35H42N4O4S2. The van der Waals surface area contributed by atoms with E-state index in [0.717, 1.165) is 16.7 Å². The lowest BCUT2D eigenvalue weighted by Crippen LogP contribution is -2.42. The topological polar surface area (TPSA) is 93.5 Å². The third-order valence-electron chi connectivity index (χ3n) is 7.48. The van der Waals surface area contributed by atoms with Gasteiger partial charge in [-0.05, 0) is 67.8 Å². The van der Waals surface area contributed by atoms with E-state index in [2.05, 4.69) is 5.32 Å². The van der Waals surface area contributed by atoms with E-state index >= 15 is 0 Å². The number of ether oxygens (including phenoxy) is 1. The van der Waals surface area contributed by atoms with Gasteiger partial charge in [-0.15, -0.1) is 0 Å². The lowest BCUT2D eigenvalue weighted by atomic mass is 9.98. The monoisotopic (exact) mass is 646 g/mol. The van der Waals surface area contributed by atoms with Gasteiger partial charge in [0.15, 0.2) is 0 Å². The molecule has 0 radical (unpaired) electrons. The molecule has 3 aromatic carbocycles. The van der Waals surface area contributed by atoms with Crippen LogP contribution in [-0.2, 0) is 11.3 Å². The Kier molecular flexibility index (Phi) is 12.5. The molecule has 0 bridgehead atoms. The average molecular weight is 647 g/mol. The van der Waals surface area contributed by atoms with Crippen molar-refractivity contribution in [2.75, 3.05) is 31.7 Å². The molecule has 0 saturated heterocycles. The van der Waals surface area contributed by atoms with Gasteiger partial charge in [-0.2, -0.15) is 0 Å². The highest BCUT2D eigenvalue weighted by molar-refractivity contribution is 8.76. The molecule has 1 heterocycles. The molecule has 10 heteroatoms. The molecule has 0 aliphatic rings. The molecule has 2 amide bonds. The number of nitrogens with one attached hydrogen (secondary N) is 1. The van der Waals surface area contributed by atoms with E-state index in [9.17, 15) is 14.4 Å². The summed E-state index contributed by atoms with van der Waals surface area (Å²) >= 11 is 0. The molecule has 1 atom stereocenters. The van der Waals surface area contributed by atoms with Crippen molar-refractivity contribution in [1.82, 2.24) is 19.8 Å². The number of aryl methyl sites for hydroxylation is 2. The number of aromatic nitrogens is 2. The van der Waals surface area contributed by atoms with Crippen molar-refractivity contribution in [2.45, 2.75) is 46.7 Å². The molecular weight excluding hydrogens is 605 g/mol. The molecule has 0 aliphatic heterocycles. The fourth-order valence-corrected chi connectivity index (χ4v) is 6.28. The van der Waals surface area contributed by atoms with Crippen LogP contribution in [0.3, 0.4) is 0 Å². The van der Waals surface area contributed by atoms with Gasteiger partial charge in [0.25, 0.3) is 11.5 Å². The van der Waals surface area contributed by atoms with Crippen LogP contribution < -0.4 is 10.9 Å². The van der Waals surface area contributed by atoms with Gasteiger partial charge in [0.2, 0.25) is 0 Å². The zero-order chi connectivity index (χ0) is 32.3. The smallest absolute Gasteiger partial charge is 0.407 e. The van der Waals surface area contributed by atoms with Crippen molar-refractivity contribution < 1.29 is 14.3 Å². The lowest BCUT2D eigenvalue weighted by molar-refractivity contribution is 0.0601.